The minimum Gasteiger partial charge on any atom is -0.344 e. The van der Waals surface area contributed by atoms with Gasteiger partial charge in [-0.2, -0.15) is 0 Å². The number of hydrogen-bond acceptors (Lipinski definition) is 2. The summed E-state index contributed by atoms with van der Waals surface area (Å²) in [4.78, 5) is 26.5. The molecule has 1 unspecified atom stereocenters. The Labute approximate surface area is 143 Å². The van der Waals surface area contributed by atoms with Crippen LogP contribution in [0.5, 0.6) is 0 Å². The fourth-order valence-electron chi connectivity index (χ4n) is 5.04. The van der Waals surface area contributed by atoms with Crippen molar-refractivity contribution in [3.63, 3.8) is 0 Å². The van der Waals surface area contributed by atoms with Crippen LogP contribution in [0.25, 0.3) is 0 Å². The average Bonchev–Trinajstić information content (AvgIpc) is 3.07. The van der Waals surface area contributed by atoms with Crippen LogP contribution in [0.3, 0.4) is 0 Å². The van der Waals surface area contributed by atoms with Crippen molar-refractivity contribution in [2.75, 3.05) is 6.54 Å². The van der Waals surface area contributed by atoms with E-state index in [4.69, 9.17) is 0 Å². The minimum atomic E-state index is -0.284. The summed E-state index contributed by atoms with van der Waals surface area (Å²) in [5, 5.41) is 2.86. The van der Waals surface area contributed by atoms with Crippen molar-refractivity contribution in [1.82, 2.24) is 10.2 Å². The number of likely N-dealkylation sites (tertiary alicyclic amines) is 1. The predicted molar refractivity (Wildman–Crippen MR) is 92.4 cm³/mol. The molecule has 3 fully saturated rings. The molecule has 4 nitrogen and oxygen atoms in total. The first-order chi connectivity index (χ1) is 11.7. The molecule has 0 aromatic heterocycles. The van der Waals surface area contributed by atoms with Gasteiger partial charge in [0.2, 0.25) is 11.8 Å². The number of hydrogen-bond donors (Lipinski definition) is 1. The van der Waals surface area contributed by atoms with Gasteiger partial charge < -0.3 is 10.2 Å². The lowest BCUT2D eigenvalue weighted by Crippen LogP contribution is -2.56. The number of amides is 2. The summed E-state index contributed by atoms with van der Waals surface area (Å²) in [6.45, 7) is 0.825. The van der Waals surface area contributed by atoms with E-state index in [2.05, 4.69) is 40.5 Å². The third kappa shape index (κ3) is 2.83. The molecule has 0 radical (unpaired) electrons. The van der Waals surface area contributed by atoms with Crippen LogP contribution in [0.15, 0.2) is 30.3 Å². The molecule has 4 heteroatoms. The summed E-state index contributed by atoms with van der Waals surface area (Å²) in [5.74, 6) is 1.31. The maximum atomic E-state index is 13.0. The quantitative estimate of drug-likeness (QED) is 0.908. The summed E-state index contributed by atoms with van der Waals surface area (Å²) in [7, 11) is 0. The van der Waals surface area contributed by atoms with E-state index in [1.165, 1.54) is 24.8 Å². The highest BCUT2D eigenvalue weighted by molar-refractivity contribution is 5.91. The van der Waals surface area contributed by atoms with Crippen molar-refractivity contribution in [2.45, 2.75) is 62.9 Å². The Bertz CT molecular complexity index is 615. The first-order valence-electron chi connectivity index (χ1n) is 9.39. The molecule has 1 N–H and O–H groups in total. The zero-order chi connectivity index (χ0) is 16.5. The molecule has 128 valence electrons. The largest absolute Gasteiger partial charge is 0.344 e. The van der Waals surface area contributed by atoms with E-state index in [-0.39, 0.29) is 17.9 Å². The van der Waals surface area contributed by atoms with Crippen LogP contribution in [0.2, 0.25) is 0 Å². The number of carbonyl (C=O) groups excluding carboxylic acids is 2. The summed E-state index contributed by atoms with van der Waals surface area (Å²) in [6.07, 6.45) is 7.00. The molecule has 4 rings (SSSR count). The van der Waals surface area contributed by atoms with Gasteiger partial charge in [0.05, 0.1) is 0 Å². The first kappa shape index (κ1) is 15.7. The second-order valence-electron chi connectivity index (χ2n) is 7.51. The number of nitrogens with one attached hydrogen (secondary N) is 1. The van der Waals surface area contributed by atoms with E-state index in [1.54, 1.807) is 0 Å². The summed E-state index contributed by atoms with van der Waals surface area (Å²) >= 11 is 0. The van der Waals surface area contributed by atoms with Gasteiger partial charge in [0.25, 0.3) is 0 Å². The van der Waals surface area contributed by atoms with Crippen molar-refractivity contribution in [3.8, 4) is 0 Å². The summed E-state index contributed by atoms with van der Waals surface area (Å²) in [6, 6.07) is 10.9. The standard InChI is InChI=1S/C20H26N2O2/c23-19-11-10-17(21-19)20(24)22-13-12-15(14-6-2-1-3-7-14)16-8-4-5-9-18(16)22/h1-3,6-7,15-18H,4-5,8-13H2,(H,21,23)/t15-,16-,17?,18-/m1/s1. The van der Waals surface area contributed by atoms with E-state index in [9.17, 15) is 9.59 Å². The minimum absolute atomic E-state index is 0.0210. The van der Waals surface area contributed by atoms with Crippen molar-refractivity contribution < 1.29 is 9.59 Å². The van der Waals surface area contributed by atoms with Gasteiger partial charge in [-0.3, -0.25) is 9.59 Å². The van der Waals surface area contributed by atoms with Crippen LogP contribution in [-0.2, 0) is 9.59 Å². The number of fused-ring (bicyclic) bond motifs is 1. The molecule has 2 aliphatic heterocycles. The number of benzene rings is 1. The highest BCUT2D eigenvalue weighted by Gasteiger charge is 2.43. The topological polar surface area (TPSA) is 49.4 Å². The molecule has 3 aliphatic rings. The first-order valence-corrected chi connectivity index (χ1v) is 9.39. The lowest BCUT2D eigenvalue weighted by atomic mass is 9.69. The number of nitrogens with zero attached hydrogens (tertiary/aromatic N) is 1. The Morgan fingerprint density at radius 1 is 1.04 bits per heavy atom. The molecule has 1 aromatic carbocycles. The molecule has 0 spiro atoms. The van der Waals surface area contributed by atoms with Gasteiger partial charge in [-0.25, -0.2) is 0 Å². The highest BCUT2D eigenvalue weighted by Crippen LogP contribution is 2.44. The van der Waals surface area contributed by atoms with Crippen LogP contribution in [0.1, 0.15) is 56.4 Å². The van der Waals surface area contributed by atoms with E-state index < -0.39 is 0 Å². The number of carbonyl (C=O) groups is 2. The van der Waals surface area contributed by atoms with Gasteiger partial charge in [-0.1, -0.05) is 43.2 Å². The molecule has 1 saturated carbocycles. The van der Waals surface area contributed by atoms with Gasteiger partial charge in [0.1, 0.15) is 6.04 Å². The molecule has 1 aliphatic carbocycles. The SMILES string of the molecule is O=C1CCC(C(=O)N2CC[C@H](c3ccccc3)[C@H]3CCCC[C@H]32)N1. The molecule has 24 heavy (non-hydrogen) atoms. The Morgan fingerprint density at radius 3 is 2.58 bits per heavy atom. The van der Waals surface area contributed by atoms with Gasteiger partial charge in [-0.05, 0) is 43.1 Å². The fraction of sp³-hybridized carbons (Fsp3) is 0.600. The molecule has 1 aromatic rings. The van der Waals surface area contributed by atoms with Crippen molar-refractivity contribution >= 4 is 11.8 Å². The monoisotopic (exact) mass is 326 g/mol. The second-order valence-corrected chi connectivity index (χ2v) is 7.51. The second kappa shape index (κ2) is 6.58. The number of piperidine rings is 1. The highest BCUT2D eigenvalue weighted by atomic mass is 16.2. The molecular weight excluding hydrogens is 300 g/mol. The molecule has 2 heterocycles. The van der Waals surface area contributed by atoms with Crippen molar-refractivity contribution in [2.24, 2.45) is 5.92 Å². The zero-order valence-electron chi connectivity index (χ0n) is 14.1. The van der Waals surface area contributed by atoms with E-state index in [0.717, 1.165) is 19.4 Å². The van der Waals surface area contributed by atoms with Crippen LogP contribution in [-0.4, -0.2) is 35.3 Å². The lowest BCUT2D eigenvalue weighted by molar-refractivity contribution is -0.141. The van der Waals surface area contributed by atoms with Crippen molar-refractivity contribution in [3.05, 3.63) is 35.9 Å². The third-order valence-electron chi connectivity index (χ3n) is 6.18. The zero-order valence-corrected chi connectivity index (χ0v) is 14.1. The van der Waals surface area contributed by atoms with Gasteiger partial charge in [0.15, 0.2) is 0 Å². The van der Waals surface area contributed by atoms with E-state index in [0.29, 0.717) is 30.7 Å². The average molecular weight is 326 g/mol. The van der Waals surface area contributed by atoms with Crippen LogP contribution >= 0.6 is 0 Å². The Hall–Kier alpha value is -1.84. The third-order valence-corrected chi connectivity index (χ3v) is 6.18. The lowest BCUT2D eigenvalue weighted by Gasteiger charge is -2.49. The maximum absolute atomic E-state index is 13.0. The maximum Gasteiger partial charge on any atom is 0.245 e. The number of rotatable bonds is 2. The summed E-state index contributed by atoms with van der Waals surface area (Å²) < 4.78 is 0. The Morgan fingerprint density at radius 2 is 1.83 bits per heavy atom. The van der Waals surface area contributed by atoms with Gasteiger partial charge in [-0.15, -0.1) is 0 Å². The predicted octanol–water partition coefficient (Wildman–Crippen LogP) is 2.84. The van der Waals surface area contributed by atoms with Gasteiger partial charge >= 0.3 is 0 Å². The van der Waals surface area contributed by atoms with Crippen molar-refractivity contribution in [1.29, 1.82) is 0 Å². The molecule has 2 saturated heterocycles. The smallest absolute Gasteiger partial charge is 0.245 e. The van der Waals surface area contributed by atoms with E-state index in [1.807, 2.05) is 0 Å². The normalized spacial score (nSPS) is 33.0. The molecule has 4 atom stereocenters. The fourth-order valence-corrected chi connectivity index (χ4v) is 5.04. The van der Waals surface area contributed by atoms with E-state index >= 15 is 0 Å². The molecule has 2 amide bonds. The molecular formula is C20H26N2O2. The molecule has 0 bridgehead atoms. The Kier molecular flexibility index (Phi) is 4.30. The van der Waals surface area contributed by atoms with Crippen LogP contribution in [0, 0.1) is 5.92 Å². The summed E-state index contributed by atoms with van der Waals surface area (Å²) in [5.41, 5.74) is 1.43. The Balaban J connectivity index is 1.54. The van der Waals surface area contributed by atoms with Crippen LogP contribution < -0.4 is 5.32 Å². The van der Waals surface area contributed by atoms with Gasteiger partial charge in [0, 0.05) is 19.0 Å². The van der Waals surface area contributed by atoms with Crippen LogP contribution in [0.4, 0.5) is 0 Å².